The summed E-state index contributed by atoms with van der Waals surface area (Å²) in [5, 5.41) is 5.71. The van der Waals surface area contributed by atoms with Crippen molar-refractivity contribution in [2.45, 2.75) is 33.2 Å². The number of carbonyl (C=O) groups excluding carboxylic acids is 2. The Balaban J connectivity index is 2.18. The van der Waals surface area contributed by atoms with E-state index in [0.717, 1.165) is 12.0 Å². The summed E-state index contributed by atoms with van der Waals surface area (Å²) in [6.45, 7) is 5.92. The molecule has 0 saturated carbocycles. The SMILES string of the molecule is CCCOc1c(Br)cc(C(=O)NC(C)c2cccc(NC(C)=O)c2)cc1OC. The van der Waals surface area contributed by atoms with Crippen LogP contribution in [-0.4, -0.2) is 25.5 Å². The molecule has 150 valence electrons. The van der Waals surface area contributed by atoms with E-state index in [2.05, 4.69) is 26.6 Å². The lowest BCUT2D eigenvalue weighted by atomic mass is 10.1. The van der Waals surface area contributed by atoms with Crippen LogP contribution in [0.5, 0.6) is 11.5 Å². The maximum Gasteiger partial charge on any atom is 0.251 e. The van der Waals surface area contributed by atoms with Crippen LogP contribution in [0.15, 0.2) is 40.9 Å². The molecule has 0 heterocycles. The van der Waals surface area contributed by atoms with Gasteiger partial charge in [0.2, 0.25) is 5.91 Å². The monoisotopic (exact) mass is 448 g/mol. The van der Waals surface area contributed by atoms with Crippen LogP contribution in [-0.2, 0) is 4.79 Å². The minimum absolute atomic E-state index is 0.142. The molecule has 2 rings (SSSR count). The smallest absolute Gasteiger partial charge is 0.251 e. The fraction of sp³-hybridized carbons (Fsp3) is 0.333. The van der Waals surface area contributed by atoms with Gasteiger partial charge in [-0.15, -0.1) is 0 Å². The Hall–Kier alpha value is -2.54. The maximum absolute atomic E-state index is 12.7. The van der Waals surface area contributed by atoms with E-state index in [1.54, 1.807) is 25.3 Å². The van der Waals surface area contributed by atoms with E-state index in [1.807, 2.05) is 32.0 Å². The molecule has 0 aliphatic heterocycles. The molecule has 0 saturated heterocycles. The lowest BCUT2D eigenvalue weighted by molar-refractivity contribution is -0.114. The highest BCUT2D eigenvalue weighted by Gasteiger charge is 2.17. The van der Waals surface area contributed by atoms with Gasteiger partial charge in [0.05, 0.1) is 24.2 Å². The van der Waals surface area contributed by atoms with Crippen molar-refractivity contribution in [2.75, 3.05) is 19.0 Å². The molecule has 0 aliphatic rings. The average Bonchev–Trinajstić information content (AvgIpc) is 2.66. The normalized spacial score (nSPS) is 11.5. The zero-order valence-corrected chi connectivity index (χ0v) is 18.1. The van der Waals surface area contributed by atoms with Gasteiger partial charge in [-0.05, 0) is 59.1 Å². The van der Waals surface area contributed by atoms with Crippen molar-refractivity contribution in [3.8, 4) is 11.5 Å². The van der Waals surface area contributed by atoms with E-state index in [9.17, 15) is 9.59 Å². The predicted molar refractivity (Wildman–Crippen MR) is 113 cm³/mol. The second-order valence-corrected chi connectivity index (χ2v) is 7.19. The van der Waals surface area contributed by atoms with Crippen molar-refractivity contribution in [1.82, 2.24) is 5.32 Å². The molecule has 0 aliphatic carbocycles. The molecule has 2 N–H and O–H groups in total. The Kier molecular flexibility index (Phi) is 7.87. The Labute approximate surface area is 173 Å². The molecule has 6 nitrogen and oxygen atoms in total. The average molecular weight is 449 g/mol. The van der Waals surface area contributed by atoms with Gasteiger partial charge < -0.3 is 20.1 Å². The quantitative estimate of drug-likeness (QED) is 0.613. The highest BCUT2D eigenvalue weighted by molar-refractivity contribution is 9.10. The van der Waals surface area contributed by atoms with Crippen molar-refractivity contribution >= 4 is 33.4 Å². The summed E-state index contributed by atoms with van der Waals surface area (Å²) in [6.07, 6.45) is 0.868. The van der Waals surface area contributed by atoms with Crippen LogP contribution < -0.4 is 20.1 Å². The maximum atomic E-state index is 12.7. The molecule has 0 bridgehead atoms. The number of halogens is 1. The van der Waals surface area contributed by atoms with Crippen molar-refractivity contribution in [2.24, 2.45) is 0 Å². The molecule has 7 heteroatoms. The molecule has 2 amide bonds. The number of anilines is 1. The highest BCUT2D eigenvalue weighted by Crippen LogP contribution is 2.37. The van der Waals surface area contributed by atoms with Gasteiger partial charge in [0, 0.05) is 18.2 Å². The van der Waals surface area contributed by atoms with Crippen LogP contribution in [0.4, 0.5) is 5.69 Å². The molecule has 2 aromatic carbocycles. The summed E-state index contributed by atoms with van der Waals surface area (Å²) in [5.41, 5.74) is 2.03. The van der Waals surface area contributed by atoms with Gasteiger partial charge >= 0.3 is 0 Å². The van der Waals surface area contributed by atoms with Crippen molar-refractivity contribution in [3.63, 3.8) is 0 Å². The number of carbonyl (C=O) groups is 2. The number of amides is 2. The Bertz CT molecular complexity index is 854. The van der Waals surface area contributed by atoms with E-state index < -0.39 is 0 Å². The molecule has 0 radical (unpaired) electrons. The van der Waals surface area contributed by atoms with E-state index in [4.69, 9.17) is 9.47 Å². The zero-order valence-electron chi connectivity index (χ0n) is 16.5. The largest absolute Gasteiger partial charge is 0.493 e. The van der Waals surface area contributed by atoms with Gasteiger partial charge in [0.25, 0.3) is 5.91 Å². The number of hydrogen-bond donors (Lipinski definition) is 2. The highest BCUT2D eigenvalue weighted by atomic mass is 79.9. The molecule has 28 heavy (non-hydrogen) atoms. The summed E-state index contributed by atoms with van der Waals surface area (Å²) in [4.78, 5) is 24.0. The van der Waals surface area contributed by atoms with Crippen LogP contribution in [0.25, 0.3) is 0 Å². The third kappa shape index (κ3) is 5.73. The Morgan fingerprint density at radius 1 is 1.21 bits per heavy atom. The molecule has 1 unspecified atom stereocenters. The van der Waals surface area contributed by atoms with E-state index in [1.165, 1.54) is 6.92 Å². The third-order valence-electron chi connectivity index (χ3n) is 4.00. The lowest BCUT2D eigenvalue weighted by Gasteiger charge is -2.17. The first-order valence-corrected chi connectivity index (χ1v) is 9.83. The van der Waals surface area contributed by atoms with Crippen LogP contribution in [0, 0.1) is 0 Å². The fourth-order valence-electron chi connectivity index (χ4n) is 2.65. The van der Waals surface area contributed by atoms with Gasteiger partial charge in [-0.3, -0.25) is 9.59 Å². The first kappa shape index (κ1) is 21.8. The first-order chi connectivity index (χ1) is 13.3. The molecular formula is C21H25BrN2O4. The van der Waals surface area contributed by atoms with E-state index >= 15 is 0 Å². The van der Waals surface area contributed by atoms with Crippen LogP contribution in [0.2, 0.25) is 0 Å². The Morgan fingerprint density at radius 3 is 2.61 bits per heavy atom. The topological polar surface area (TPSA) is 76.7 Å². The zero-order chi connectivity index (χ0) is 20.7. The second kappa shape index (κ2) is 10.1. The van der Waals surface area contributed by atoms with Gasteiger partial charge in [-0.1, -0.05) is 19.1 Å². The second-order valence-electron chi connectivity index (χ2n) is 6.34. The number of hydrogen-bond acceptors (Lipinski definition) is 4. The number of ether oxygens (including phenoxy) is 2. The van der Waals surface area contributed by atoms with E-state index in [0.29, 0.717) is 33.8 Å². The molecule has 1 atom stereocenters. The standard InChI is InChI=1S/C21H25BrN2O4/c1-5-9-28-20-18(22)11-16(12-19(20)27-4)21(26)23-13(2)15-7-6-8-17(10-15)24-14(3)25/h6-8,10-13H,5,9H2,1-4H3,(H,23,26)(H,24,25). The van der Waals surface area contributed by atoms with E-state index in [-0.39, 0.29) is 17.9 Å². The minimum Gasteiger partial charge on any atom is -0.493 e. The van der Waals surface area contributed by atoms with Crippen molar-refractivity contribution < 1.29 is 19.1 Å². The molecule has 0 aromatic heterocycles. The summed E-state index contributed by atoms with van der Waals surface area (Å²) in [7, 11) is 1.54. The van der Waals surface area contributed by atoms with Gasteiger partial charge in [-0.2, -0.15) is 0 Å². The summed E-state index contributed by atoms with van der Waals surface area (Å²) >= 11 is 3.46. The lowest BCUT2D eigenvalue weighted by Crippen LogP contribution is -2.26. The first-order valence-electron chi connectivity index (χ1n) is 9.04. The number of nitrogens with one attached hydrogen (secondary N) is 2. The molecular weight excluding hydrogens is 424 g/mol. The predicted octanol–water partition coefficient (Wildman–Crippen LogP) is 4.70. The van der Waals surface area contributed by atoms with Gasteiger partial charge in [0.1, 0.15) is 0 Å². The summed E-state index contributed by atoms with van der Waals surface area (Å²) in [5.74, 6) is 0.694. The third-order valence-corrected chi connectivity index (χ3v) is 4.59. The Morgan fingerprint density at radius 2 is 1.96 bits per heavy atom. The minimum atomic E-state index is -0.248. The van der Waals surface area contributed by atoms with Crippen LogP contribution in [0.1, 0.15) is 49.2 Å². The van der Waals surface area contributed by atoms with Crippen LogP contribution in [0.3, 0.4) is 0 Å². The molecule has 0 fully saturated rings. The number of rotatable bonds is 8. The van der Waals surface area contributed by atoms with Crippen molar-refractivity contribution in [1.29, 1.82) is 0 Å². The van der Waals surface area contributed by atoms with Gasteiger partial charge in [0.15, 0.2) is 11.5 Å². The number of methoxy groups -OCH3 is 1. The fourth-order valence-corrected chi connectivity index (χ4v) is 3.20. The summed E-state index contributed by atoms with van der Waals surface area (Å²) < 4.78 is 11.7. The number of benzene rings is 2. The summed E-state index contributed by atoms with van der Waals surface area (Å²) in [6, 6.07) is 10.5. The van der Waals surface area contributed by atoms with Crippen molar-refractivity contribution in [3.05, 3.63) is 52.0 Å². The van der Waals surface area contributed by atoms with Crippen LogP contribution >= 0.6 is 15.9 Å². The van der Waals surface area contributed by atoms with Gasteiger partial charge in [-0.25, -0.2) is 0 Å². The molecule has 2 aromatic rings. The molecule has 0 spiro atoms.